The molecule has 2 saturated carbocycles. The molecule has 0 aromatic carbocycles. The molecule has 0 heterocycles. The van der Waals surface area contributed by atoms with Crippen LogP contribution in [0.3, 0.4) is 0 Å². The average molecular weight is 310 g/mol. The third kappa shape index (κ3) is 6.55. The summed E-state index contributed by atoms with van der Waals surface area (Å²) < 4.78 is 5.51. The molecule has 22 heavy (non-hydrogen) atoms. The summed E-state index contributed by atoms with van der Waals surface area (Å²) in [6.07, 6.45) is 10.5. The van der Waals surface area contributed by atoms with Crippen LogP contribution < -0.4 is 5.32 Å². The first-order valence-electron chi connectivity index (χ1n) is 9.16. The molecule has 0 bridgehead atoms. The molecule has 2 rings (SSSR count). The normalized spacial score (nSPS) is 20.0. The van der Waals surface area contributed by atoms with E-state index < -0.39 is 5.60 Å². The lowest BCUT2D eigenvalue weighted by molar-refractivity contribution is 0.0236. The second-order valence-electron chi connectivity index (χ2n) is 7.95. The number of nitrogens with zero attached hydrogens (tertiary/aromatic N) is 1. The van der Waals surface area contributed by atoms with Crippen LogP contribution in [0.2, 0.25) is 0 Å². The van der Waals surface area contributed by atoms with E-state index in [0.29, 0.717) is 6.04 Å². The van der Waals surface area contributed by atoms with Crippen molar-refractivity contribution >= 4 is 6.09 Å². The summed E-state index contributed by atoms with van der Waals surface area (Å²) in [5, 5.41) is 3.51. The molecule has 128 valence electrons. The van der Waals surface area contributed by atoms with Gasteiger partial charge in [0, 0.05) is 19.1 Å². The predicted molar refractivity (Wildman–Crippen MR) is 90.0 cm³/mol. The molecule has 1 N–H and O–H groups in total. The van der Waals surface area contributed by atoms with Gasteiger partial charge in [-0.3, -0.25) is 0 Å². The number of carbonyl (C=O) groups excluding carboxylic acids is 1. The third-order valence-corrected chi connectivity index (χ3v) is 4.60. The quantitative estimate of drug-likeness (QED) is 0.724. The molecule has 2 aliphatic carbocycles. The minimum absolute atomic E-state index is 0.149. The topological polar surface area (TPSA) is 41.6 Å². The van der Waals surface area contributed by atoms with Crippen molar-refractivity contribution in [3.05, 3.63) is 0 Å². The minimum atomic E-state index is -0.404. The molecule has 0 saturated heterocycles. The Bertz CT molecular complexity index is 341. The maximum atomic E-state index is 12.2. The van der Waals surface area contributed by atoms with Crippen molar-refractivity contribution in [2.75, 3.05) is 19.6 Å². The van der Waals surface area contributed by atoms with Crippen LogP contribution in [-0.4, -0.2) is 42.3 Å². The van der Waals surface area contributed by atoms with Crippen molar-refractivity contribution in [2.45, 2.75) is 83.8 Å². The Balaban J connectivity index is 1.61. The van der Waals surface area contributed by atoms with Crippen molar-refractivity contribution in [2.24, 2.45) is 5.92 Å². The highest BCUT2D eigenvalue weighted by atomic mass is 16.6. The van der Waals surface area contributed by atoms with Gasteiger partial charge in [0.2, 0.25) is 0 Å². The van der Waals surface area contributed by atoms with Gasteiger partial charge in [-0.05, 0) is 52.5 Å². The number of rotatable bonds is 7. The largest absolute Gasteiger partial charge is 0.444 e. The van der Waals surface area contributed by atoms with E-state index in [-0.39, 0.29) is 6.09 Å². The smallest absolute Gasteiger partial charge is 0.410 e. The van der Waals surface area contributed by atoms with Gasteiger partial charge in [-0.25, -0.2) is 4.79 Å². The van der Waals surface area contributed by atoms with Gasteiger partial charge >= 0.3 is 6.09 Å². The number of ether oxygens (including phenoxy) is 1. The standard InChI is InChI=1S/C18H34N2O2/c1-18(2,3)22-17(21)20(16-9-10-16)14-13-19-12-11-15-7-5-4-6-8-15/h15-16,19H,4-14H2,1-3H3. The van der Waals surface area contributed by atoms with Crippen LogP contribution in [0.1, 0.15) is 72.1 Å². The van der Waals surface area contributed by atoms with Crippen LogP contribution in [0.15, 0.2) is 0 Å². The highest BCUT2D eigenvalue weighted by molar-refractivity contribution is 5.69. The highest BCUT2D eigenvalue weighted by Crippen LogP contribution is 2.28. The van der Waals surface area contributed by atoms with Crippen molar-refractivity contribution in [3.63, 3.8) is 0 Å². The number of hydrogen-bond acceptors (Lipinski definition) is 3. The summed E-state index contributed by atoms with van der Waals surface area (Å²) in [6, 6.07) is 0.412. The second kappa shape index (κ2) is 8.19. The van der Waals surface area contributed by atoms with Gasteiger partial charge in [0.15, 0.2) is 0 Å². The Labute approximate surface area is 136 Å². The van der Waals surface area contributed by atoms with Crippen LogP contribution in [0, 0.1) is 5.92 Å². The first-order valence-corrected chi connectivity index (χ1v) is 9.16. The number of hydrogen-bond donors (Lipinski definition) is 1. The van der Waals surface area contributed by atoms with E-state index in [4.69, 9.17) is 4.74 Å². The number of amides is 1. The molecule has 0 spiro atoms. The van der Waals surface area contributed by atoms with Crippen molar-refractivity contribution < 1.29 is 9.53 Å². The summed E-state index contributed by atoms with van der Waals surface area (Å²) in [5.74, 6) is 0.923. The van der Waals surface area contributed by atoms with Gasteiger partial charge in [-0.15, -0.1) is 0 Å². The predicted octanol–water partition coefficient (Wildman–Crippen LogP) is 3.95. The second-order valence-corrected chi connectivity index (χ2v) is 7.95. The van der Waals surface area contributed by atoms with Gasteiger partial charge in [-0.2, -0.15) is 0 Å². The zero-order valence-electron chi connectivity index (χ0n) is 14.7. The zero-order chi connectivity index (χ0) is 16.0. The Morgan fingerprint density at radius 1 is 1.09 bits per heavy atom. The Morgan fingerprint density at radius 3 is 2.36 bits per heavy atom. The molecular formula is C18H34N2O2. The fourth-order valence-electron chi connectivity index (χ4n) is 3.24. The maximum Gasteiger partial charge on any atom is 0.410 e. The number of carbonyl (C=O) groups is 1. The van der Waals surface area contributed by atoms with Gasteiger partial charge in [0.1, 0.15) is 5.60 Å². The molecule has 4 heteroatoms. The average Bonchev–Trinajstić information content (AvgIpc) is 3.26. The van der Waals surface area contributed by atoms with Crippen LogP contribution in [-0.2, 0) is 4.74 Å². The van der Waals surface area contributed by atoms with E-state index in [9.17, 15) is 4.79 Å². The summed E-state index contributed by atoms with van der Waals surface area (Å²) in [7, 11) is 0. The van der Waals surface area contributed by atoms with Gasteiger partial charge in [0.25, 0.3) is 0 Å². The minimum Gasteiger partial charge on any atom is -0.444 e. The lowest BCUT2D eigenvalue weighted by atomic mass is 9.87. The molecule has 0 atom stereocenters. The van der Waals surface area contributed by atoms with E-state index in [0.717, 1.165) is 38.4 Å². The SMILES string of the molecule is CC(C)(C)OC(=O)N(CCNCCC1CCCCC1)C1CC1. The van der Waals surface area contributed by atoms with E-state index in [1.807, 2.05) is 25.7 Å². The van der Waals surface area contributed by atoms with Gasteiger partial charge < -0.3 is 15.0 Å². The molecule has 0 unspecified atom stereocenters. The van der Waals surface area contributed by atoms with Gasteiger partial charge in [-0.1, -0.05) is 32.1 Å². The lowest BCUT2D eigenvalue weighted by Gasteiger charge is -2.27. The van der Waals surface area contributed by atoms with Crippen LogP contribution in [0.5, 0.6) is 0 Å². The van der Waals surface area contributed by atoms with E-state index in [1.54, 1.807) is 0 Å². The highest BCUT2D eigenvalue weighted by Gasteiger charge is 2.34. The molecule has 2 fully saturated rings. The monoisotopic (exact) mass is 310 g/mol. The van der Waals surface area contributed by atoms with Crippen LogP contribution in [0.4, 0.5) is 4.79 Å². The van der Waals surface area contributed by atoms with E-state index in [2.05, 4.69) is 5.32 Å². The molecule has 0 radical (unpaired) electrons. The van der Waals surface area contributed by atoms with Crippen LogP contribution >= 0.6 is 0 Å². The first-order chi connectivity index (χ1) is 10.5. The summed E-state index contributed by atoms with van der Waals surface area (Å²) >= 11 is 0. The fraction of sp³-hybridized carbons (Fsp3) is 0.944. The fourth-order valence-corrected chi connectivity index (χ4v) is 3.24. The summed E-state index contributed by atoms with van der Waals surface area (Å²) in [4.78, 5) is 14.1. The molecule has 2 aliphatic rings. The lowest BCUT2D eigenvalue weighted by Crippen LogP contribution is -2.42. The molecule has 0 aliphatic heterocycles. The molecule has 0 aromatic heterocycles. The van der Waals surface area contributed by atoms with E-state index in [1.165, 1.54) is 38.5 Å². The molecule has 0 aromatic rings. The Hall–Kier alpha value is -0.770. The summed E-state index contributed by atoms with van der Waals surface area (Å²) in [6.45, 7) is 8.51. The number of nitrogens with one attached hydrogen (secondary N) is 1. The van der Waals surface area contributed by atoms with E-state index >= 15 is 0 Å². The van der Waals surface area contributed by atoms with Crippen molar-refractivity contribution in [1.82, 2.24) is 10.2 Å². The maximum absolute atomic E-state index is 12.2. The molecule has 4 nitrogen and oxygen atoms in total. The van der Waals surface area contributed by atoms with Crippen LogP contribution in [0.25, 0.3) is 0 Å². The van der Waals surface area contributed by atoms with Crippen molar-refractivity contribution in [3.8, 4) is 0 Å². The Kier molecular flexibility index (Phi) is 6.54. The Morgan fingerprint density at radius 2 is 1.77 bits per heavy atom. The summed E-state index contributed by atoms with van der Waals surface area (Å²) in [5.41, 5.74) is -0.404. The zero-order valence-corrected chi connectivity index (χ0v) is 14.7. The van der Waals surface area contributed by atoms with Crippen molar-refractivity contribution in [1.29, 1.82) is 0 Å². The molecular weight excluding hydrogens is 276 g/mol. The third-order valence-electron chi connectivity index (χ3n) is 4.60. The first kappa shape index (κ1) is 17.6. The van der Waals surface area contributed by atoms with Gasteiger partial charge in [0.05, 0.1) is 0 Å². The molecule has 1 amide bonds.